The molecule has 2 N–H and O–H groups in total. The summed E-state index contributed by atoms with van der Waals surface area (Å²) >= 11 is 0. The molecule has 20 nitrogen and oxygen atoms in total. The molecular formula is C85H156N4O16. The van der Waals surface area contributed by atoms with E-state index in [0.717, 1.165) is 116 Å². The maximum absolute atomic E-state index is 12.1. The topological polar surface area (TPSA) is 280 Å². The van der Waals surface area contributed by atoms with Crippen LogP contribution in [-0.2, 0) is 76.5 Å². The standard InChI is InChI=1S/C23H43N3O3.C17H33NO3.C16H28O4.C15H28O3.C14H24O3/c1-19(2)17-24-23(29)16-21(27)18-26-14-12-25(13-15-26)11-9-7-5-6-8-10-22(28)20(3)4;1-14(2)12-17(20)18-13-16(19)10-8-6-5-7-9-11-21-15(3)4;1-12(2)5-6-14(17)11-15(18)7-9-20-10-8-16(19)13(3)4;1-12(2)5-6-14(16)11-15(17)8-10-18-9-7-13(3)4;1-10(2)5-6-12(15)9-13(16)7-8-14(17)11(3)4/h19-20H,5-18H2,1-4H3,(H,24,29);14-15H,5-13H2,1-4H3,(H,18,20);12-13H,5-11H2,1-4H3;12-13H,5-11H2,1-4H3;10-11H,5-9H2,1-4H3. The lowest BCUT2D eigenvalue weighted by Gasteiger charge is -2.34. The molecule has 1 fully saturated rings. The average molecular weight is 1490 g/mol. The minimum atomic E-state index is -0.157. The number of carbonyl (C=O) groups is 13. The van der Waals surface area contributed by atoms with Gasteiger partial charge in [0.05, 0.1) is 64.7 Å². The predicted octanol–water partition coefficient (Wildman–Crippen LogP) is 15.7. The van der Waals surface area contributed by atoms with Crippen molar-refractivity contribution in [1.29, 1.82) is 0 Å². The van der Waals surface area contributed by atoms with Crippen molar-refractivity contribution in [3.63, 3.8) is 0 Å². The third-order valence-corrected chi connectivity index (χ3v) is 17.1. The van der Waals surface area contributed by atoms with E-state index in [2.05, 4.69) is 75.8 Å². The SMILES string of the molecule is CC(C)CC(=O)NCC(=O)CCCCCCCOC(C)C.CC(C)CCC(=O)CC(=O)CCC(=O)C(C)C.CC(C)CCC(=O)CC(=O)CCOCCC(=O)C(C)C.CC(C)CCOCCC(=O)CC(=O)CCC(C)C.CC(C)CNC(=O)CC(=O)CN1CCN(CCCCCCCC(=O)C(C)C)CC1. The summed E-state index contributed by atoms with van der Waals surface area (Å²) in [5, 5.41) is 5.49. The van der Waals surface area contributed by atoms with E-state index in [1.54, 1.807) is 0 Å². The summed E-state index contributed by atoms with van der Waals surface area (Å²) in [6.07, 6.45) is 19.9. The number of nitrogens with one attached hydrogen (secondary N) is 2. The van der Waals surface area contributed by atoms with Crippen molar-refractivity contribution >= 4 is 75.4 Å². The molecule has 0 saturated carbocycles. The Labute approximate surface area is 638 Å². The molecule has 105 heavy (non-hydrogen) atoms. The Morgan fingerprint density at radius 1 is 0.305 bits per heavy atom. The molecule has 0 bridgehead atoms. The van der Waals surface area contributed by atoms with Gasteiger partial charge in [-0.1, -0.05) is 163 Å². The Bertz CT molecular complexity index is 2370. The smallest absolute Gasteiger partial charge is 0.227 e. The van der Waals surface area contributed by atoms with Gasteiger partial charge < -0.3 is 29.7 Å². The normalized spacial score (nSPS) is 12.4. The highest BCUT2D eigenvalue weighted by Crippen LogP contribution is 2.14. The highest BCUT2D eigenvalue weighted by molar-refractivity contribution is 6.01. The predicted molar refractivity (Wildman–Crippen MR) is 424 cm³/mol. The summed E-state index contributed by atoms with van der Waals surface area (Å²) in [6, 6.07) is 0. The molecule has 1 aliphatic heterocycles. The van der Waals surface area contributed by atoms with Crippen LogP contribution in [0.5, 0.6) is 0 Å². The third-order valence-electron chi connectivity index (χ3n) is 17.1. The van der Waals surface area contributed by atoms with E-state index in [-0.39, 0.29) is 139 Å². The molecule has 0 aliphatic carbocycles. The molecule has 1 saturated heterocycles. The molecule has 2 amide bonds. The Morgan fingerprint density at radius 3 is 1.14 bits per heavy atom. The molecule has 20 heteroatoms. The monoisotopic (exact) mass is 1490 g/mol. The van der Waals surface area contributed by atoms with Gasteiger partial charge in [0.1, 0.15) is 52.0 Å². The number of hydrogen-bond donors (Lipinski definition) is 2. The zero-order valence-electron chi connectivity index (χ0n) is 70.4. The summed E-state index contributed by atoms with van der Waals surface area (Å²) in [5.74, 6) is 3.52. The van der Waals surface area contributed by atoms with Crippen LogP contribution in [0.15, 0.2) is 0 Å². The molecule has 0 spiro atoms. The molecule has 0 radical (unpaired) electrons. The number of amides is 2. The number of piperazine rings is 1. The van der Waals surface area contributed by atoms with Gasteiger partial charge in [-0.05, 0) is 107 Å². The molecule has 612 valence electrons. The van der Waals surface area contributed by atoms with Crippen LogP contribution in [0.3, 0.4) is 0 Å². The Kier molecular flexibility index (Phi) is 70.5. The molecule has 0 atom stereocenters. The Balaban J connectivity index is -0.000000616. The lowest BCUT2D eigenvalue weighted by molar-refractivity contribution is -0.130. The van der Waals surface area contributed by atoms with Crippen LogP contribution in [0.25, 0.3) is 0 Å². The maximum Gasteiger partial charge on any atom is 0.227 e. The fourth-order valence-corrected chi connectivity index (χ4v) is 9.94. The number of Topliss-reactive ketones (excluding diaryl/α,β-unsaturated/α-hetero) is 11. The van der Waals surface area contributed by atoms with Crippen LogP contribution >= 0.6 is 0 Å². The van der Waals surface area contributed by atoms with Crippen molar-refractivity contribution in [2.24, 2.45) is 53.3 Å². The molecule has 0 aromatic heterocycles. The molecule has 1 aliphatic rings. The first-order chi connectivity index (χ1) is 49.2. The van der Waals surface area contributed by atoms with Gasteiger partial charge >= 0.3 is 0 Å². The average Bonchev–Trinajstić information content (AvgIpc) is 0.898. The van der Waals surface area contributed by atoms with Crippen molar-refractivity contribution < 1.29 is 76.5 Å². The number of rotatable bonds is 60. The van der Waals surface area contributed by atoms with Gasteiger partial charge in [0.15, 0.2) is 11.6 Å². The number of nitrogens with zero attached hydrogens (tertiary/aromatic N) is 2. The molecule has 0 aromatic rings. The van der Waals surface area contributed by atoms with Crippen molar-refractivity contribution in [2.45, 2.75) is 331 Å². The summed E-state index contributed by atoms with van der Waals surface area (Å²) in [4.78, 5) is 155. The minimum Gasteiger partial charge on any atom is -0.381 e. The van der Waals surface area contributed by atoms with E-state index in [4.69, 9.17) is 14.2 Å². The van der Waals surface area contributed by atoms with Gasteiger partial charge in [0, 0.05) is 134 Å². The van der Waals surface area contributed by atoms with Crippen molar-refractivity contribution in [2.75, 3.05) is 85.4 Å². The van der Waals surface area contributed by atoms with E-state index >= 15 is 0 Å². The Morgan fingerprint density at radius 2 is 0.695 bits per heavy atom. The second-order valence-electron chi connectivity index (χ2n) is 32.5. The molecular weight excluding hydrogens is 1330 g/mol. The fourth-order valence-electron chi connectivity index (χ4n) is 9.94. The van der Waals surface area contributed by atoms with Gasteiger partial charge in [0.25, 0.3) is 0 Å². The Hall–Kier alpha value is -4.89. The number of unbranched alkanes of at least 4 members (excludes halogenated alkanes) is 8. The van der Waals surface area contributed by atoms with Gasteiger partial charge in [-0.2, -0.15) is 0 Å². The van der Waals surface area contributed by atoms with Crippen LogP contribution in [0, 0.1) is 53.3 Å². The van der Waals surface area contributed by atoms with Gasteiger partial charge in [0.2, 0.25) is 11.8 Å². The molecule has 1 rings (SSSR count). The van der Waals surface area contributed by atoms with E-state index < -0.39 is 0 Å². The van der Waals surface area contributed by atoms with Crippen LogP contribution < -0.4 is 10.6 Å². The first kappa shape index (κ1) is 106. The van der Waals surface area contributed by atoms with Gasteiger partial charge in [-0.25, -0.2) is 0 Å². The number of hydrogen-bond acceptors (Lipinski definition) is 18. The number of ether oxygens (including phenoxy) is 3. The van der Waals surface area contributed by atoms with Crippen molar-refractivity contribution in [3.8, 4) is 0 Å². The van der Waals surface area contributed by atoms with E-state index in [1.165, 1.54) is 19.3 Å². The fraction of sp³-hybridized carbons (Fsp3) is 0.847. The zero-order chi connectivity index (χ0) is 80.7. The summed E-state index contributed by atoms with van der Waals surface area (Å²) in [5.41, 5.74) is 0. The molecule has 0 unspecified atom stereocenters. The van der Waals surface area contributed by atoms with E-state index in [1.807, 2.05) is 83.1 Å². The summed E-state index contributed by atoms with van der Waals surface area (Å²) < 4.78 is 16.1. The largest absolute Gasteiger partial charge is 0.381 e. The number of carbonyl (C=O) groups excluding carboxylic acids is 13. The lowest BCUT2D eigenvalue weighted by atomic mass is 9.99. The van der Waals surface area contributed by atoms with Crippen LogP contribution in [0.2, 0.25) is 0 Å². The van der Waals surface area contributed by atoms with E-state index in [0.29, 0.717) is 132 Å². The summed E-state index contributed by atoms with van der Waals surface area (Å²) in [7, 11) is 0. The first-order valence-electron chi connectivity index (χ1n) is 40.7. The number of ketones is 11. The second-order valence-corrected chi connectivity index (χ2v) is 32.5. The minimum absolute atomic E-state index is 0.000644. The van der Waals surface area contributed by atoms with Gasteiger partial charge in [-0.15, -0.1) is 0 Å². The maximum atomic E-state index is 12.1. The zero-order valence-corrected chi connectivity index (χ0v) is 70.4. The van der Waals surface area contributed by atoms with Crippen molar-refractivity contribution in [3.05, 3.63) is 0 Å². The first-order valence-corrected chi connectivity index (χ1v) is 40.7. The molecule has 1 heterocycles. The highest BCUT2D eigenvalue weighted by atomic mass is 16.5. The second kappa shape index (κ2) is 69.6. The quantitative estimate of drug-likeness (QED) is 0.0423. The van der Waals surface area contributed by atoms with E-state index in [9.17, 15) is 62.3 Å². The van der Waals surface area contributed by atoms with Gasteiger partial charge in [-0.3, -0.25) is 67.2 Å². The summed E-state index contributed by atoms with van der Waals surface area (Å²) in [6.45, 7) is 48.9. The van der Waals surface area contributed by atoms with Crippen LogP contribution in [0.1, 0.15) is 325 Å². The van der Waals surface area contributed by atoms with Crippen LogP contribution in [-0.4, -0.2) is 177 Å². The van der Waals surface area contributed by atoms with Crippen LogP contribution in [0.4, 0.5) is 0 Å². The lowest BCUT2D eigenvalue weighted by Crippen LogP contribution is -2.48. The third kappa shape index (κ3) is 80.0. The molecule has 0 aromatic carbocycles. The van der Waals surface area contributed by atoms with Crippen molar-refractivity contribution in [1.82, 2.24) is 20.4 Å². The highest BCUT2D eigenvalue weighted by Gasteiger charge is 2.21.